The average Bonchev–Trinajstić information content (AvgIpc) is 3.48. The number of hydrogen-bond donors (Lipinski definition) is 1. The molecule has 1 fully saturated rings. The molecule has 0 spiro atoms. The lowest BCUT2D eigenvalue weighted by Gasteiger charge is -2.24. The number of Topliss-reactive ketones (excluding diaryl/α,β-unsaturated/α-hetero) is 1. The molecule has 0 radical (unpaired) electrons. The van der Waals surface area contributed by atoms with Crippen LogP contribution in [0.3, 0.4) is 0 Å². The quantitative estimate of drug-likeness (QED) is 0.0904. The van der Waals surface area contributed by atoms with E-state index in [-0.39, 0.29) is 27.8 Å². The molecule has 1 saturated heterocycles. The van der Waals surface area contributed by atoms with Crippen LogP contribution in [0.15, 0.2) is 42.0 Å². The minimum atomic E-state index is -1.17. The van der Waals surface area contributed by atoms with Gasteiger partial charge in [0.05, 0.1) is 37.6 Å². The Balaban J connectivity index is 1.88. The lowest BCUT2D eigenvalue weighted by atomic mass is 9.94. The smallest absolute Gasteiger partial charge is 0.350 e. The lowest BCUT2D eigenvalue weighted by molar-refractivity contribution is -0.132. The van der Waals surface area contributed by atoms with Crippen LogP contribution in [0.25, 0.3) is 5.76 Å². The summed E-state index contributed by atoms with van der Waals surface area (Å²) in [7, 11) is 1.47. The number of ketones is 1. The largest absolute Gasteiger partial charge is 0.507 e. The van der Waals surface area contributed by atoms with E-state index in [2.05, 4.69) is 11.9 Å². The number of aryl methyl sites for hydroxylation is 2. The van der Waals surface area contributed by atoms with E-state index in [4.69, 9.17) is 14.2 Å². The predicted octanol–water partition coefficient (Wildman–Crippen LogP) is 6.28. The van der Waals surface area contributed by atoms with Gasteiger partial charge in [0.15, 0.2) is 16.6 Å². The van der Waals surface area contributed by atoms with Crippen molar-refractivity contribution in [2.24, 2.45) is 0 Å². The van der Waals surface area contributed by atoms with Crippen LogP contribution < -0.4 is 14.4 Å². The molecule has 1 aliphatic heterocycles. The van der Waals surface area contributed by atoms with Gasteiger partial charge in [0.2, 0.25) is 0 Å². The molecule has 0 saturated carbocycles. The van der Waals surface area contributed by atoms with Crippen molar-refractivity contribution in [3.8, 4) is 11.5 Å². The zero-order chi connectivity index (χ0) is 30.6. The van der Waals surface area contributed by atoms with Crippen molar-refractivity contribution in [2.45, 2.75) is 53.0 Å². The fourth-order valence-electron chi connectivity index (χ4n) is 4.62. The number of hydrogen-bond acceptors (Lipinski definition) is 9. The van der Waals surface area contributed by atoms with E-state index in [0.717, 1.165) is 41.6 Å². The van der Waals surface area contributed by atoms with Gasteiger partial charge in [-0.25, -0.2) is 14.2 Å². The van der Waals surface area contributed by atoms with E-state index in [1.165, 1.54) is 19.2 Å². The van der Waals surface area contributed by atoms with Crippen LogP contribution in [0.2, 0.25) is 0 Å². The van der Waals surface area contributed by atoms with E-state index < -0.39 is 35.3 Å². The van der Waals surface area contributed by atoms with Gasteiger partial charge in [0, 0.05) is 5.56 Å². The summed E-state index contributed by atoms with van der Waals surface area (Å²) in [6.45, 7) is 7.57. The Morgan fingerprint density at radius 3 is 2.52 bits per heavy atom. The van der Waals surface area contributed by atoms with Crippen molar-refractivity contribution < 1.29 is 38.1 Å². The Labute approximate surface area is 247 Å². The number of thiazole rings is 1. The van der Waals surface area contributed by atoms with Crippen LogP contribution in [0.5, 0.6) is 11.5 Å². The summed E-state index contributed by atoms with van der Waals surface area (Å²) >= 11 is 0.899. The maximum atomic E-state index is 14.5. The van der Waals surface area contributed by atoms with Crippen molar-refractivity contribution in [3.63, 3.8) is 0 Å². The predicted molar refractivity (Wildman–Crippen MR) is 157 cm³/mol. The molecule has 1 aliphatic rings. The number of unbranched alkanes of at least 4 members (excludes halogenated alkanes) is 2. The van der Waals surface area contributed by atoms with Crippen LogP contribution in [0, 0.1) is 19.7 Å². The van der Waals surface area contributed by atoms with Crippen LogP contribution in [-0.2, 0) is 14.3 Å². The van der Waals surface area contributed by atoms with Gasteiger partial charge in [-0.1, -0.05) is 49.3 Å². The number of rotatable bonds is 11. The highest BCUT2D eigenvalue weighted by atomic mass is 32.1. The summed E-state index contributed by atoms with van der Waals surface area (Å²) < 4.78 is 31.1. The molecule has 42 heavy (non-hydrogen) atoms. The second-order valence-electron chi connectivity index (χ2n) is 9.73. The van der Waals surface area contributed by atoms with Crippen LogP contribution in [-0.4, -0.2) is 48.1 Å². The Morgan fingerprint density at radius 1 is 1.10 bits per heavy atom. The minimum Gasteiger partial charge on any atom is -0.507 e. The molecule has 4 rings (SSSR count). The Hall–Kier alpha value is -4.25. The highest BCUT2D eigenvalue weighted by Gasteiger charge is 2.48. The number of carbonyl (C=O) groups is 3. The molecule has 2 heterocycles. The third kappa shape index (κ3) is 6.01. The third-order valence-corrected chi connectivity index (χ3v) is 7.99. The molecule has 1 atom stereocenters. The first kappa shape index (κ1) is 30.7. The fraction of sp³-hybridized carbons (Fsp3) is 0.355. The lowest BCUT2D eigenvalue weighted by Crippen LogP contribution is -2.29. The molecule has 0 bridgehead atoms. The number of benzene rings is 2. The number of anilines is 1. The number of ether oxygens (including phenoxy) is 3. The van der Waals surface area contributed by atoms with E-state index in [1.807, 2.05) is 0 Å². The number of aliphatic hydroxyl groups is 1. The SMILES string of the molecule is CCCCCOc1ccc(C2/C(=C(\O)c3ccc(C)c(F)c3)C(=O)C(=O)N2c2nc(C)c(C(=O)OCC)s2)cc1OC. The molecular formula is C31H33FN2O7S. The summed E-state index contributed by atoms with van der Waals surface area (Å²) in [6.07, 6.45) is 2.91. The Kier molecular flexibility index (Phi) is 9.62. The third-order valence-electron chi connectivity index (χ3n) is 6.85. The average molecular weight is 597 g/mol. The number of carbonyl (C=O) groups excluding carboxylic acids is 3. The molecule has 2 aromatic carbocycles. The molecule has 0 aliphatic carbocycles. The highest BCUT2D eigenvalue weighted by Crippen LogP contribution is 2.45. The van der Waals surface area contributed by atoms with Crippen molar-refractivity contribution in [1.82, 2.24) is 4.98 Å². The van der Waals surface area contributed by atoms with E-state index in [1.54, 1.807) is 39.0 Å². The van der Waals surface area contributed by atoms with Gasteiger partial charge in [-0.15, -0.1) is 0 Å². The number of aliphatic hydroxyl groups excluding tert-OH is 1. The first-order chi connectivity index (χ1) is 20.1. The van der Waals surface area contributed by atoms with Gasteiger partial charge in [0.25, 0.3) is 5.78 Å². The van der Waals surface area contributed by atoms with E-state index >= 15 is 0 Å². The number of esters is 1. The maximum Gasteiger partial charge on any atom is 0.350 e. The number of nitrogens with zero attached hydrogens (tertiary/aromatic N) is 2. The van der Waals surface area contributed by atoms with Crippen LogP contribution in [0.1, 0.15) is 71.2 Å². The van der Waals surface area contributed by atoms with Gasteiger partial charge < -0.3 is 19.3 Å². The van der Waals surface area contributed by atoms with Crippen LogP contribution >= 0.6 is 11.3 Å². The van der Waals surface area contributed by atoms with Gasteiger partial charge >= 0.3 is 11.9 Å². The molecule has 3 aromatic rings. The first-order valence-electron chi connectivity index (χ1n) is 13.7. The second-order valence-corrected chi connectivity index (χ2v) is 10.7. The Morgan fingerprint density at radius 2 is 1.86 bits per heavy atom. The van der Waals surface area contributed by atoms with Gasteiger partial charge in [0.1, 0.15) is 16.5 Å². The maximum absolute atomic E-state index is 14.5. The number of methoxy groups -OCH3 is 1. The number of halogens is 1. The standard InChI is InChI=1S/C31H33FN2O7S/c1-6-8-9-14-41-22-13-12-19(16-23(22)39-5)25-24(26(35)20-11-10-17(3)21(32)15-20)27(36)29(37)34(25)31-33-18(4)28(42-31)30(38)40-7-2/h10-13,15-16,25,35H,6-9,14H2,1-5H3/b26-24+. The molecule has 9 nitrogen and oxygen atoms in total. The summed E-state index contributed by atoms with van der Waals surface area (Å²) in [5.41, 5.74) is 0.862. The van der Waals surface area contributed by atoms with Gasteiger partial charge in [-0.3, -0.25) is 14.5 Å². The highest BCUT2D eigenvalue weighted by molar-refractivity contribution is 7.17. The minimum absolute atomic E-state index is 0.0338. The van der Waals surface area contributed by atoms with Crippen molar-refractivity contribution in [3.05, 3.63) is 75.0 Å². The zero-order valence-corrected chi connectivity index (χ0v) is 25.0. The number of aromatic nitrogens is 1. The zero-order valence-electron chi connectivity index (χ0n) is 24.2. The molecule has 1 amide bonds. The molecule has 1 N–H and O–H groups in total. The van der Waals surface area contributed by atoms with Crippen LogP contribution in [0.4, 0.5) is 9.52 Å². The van der Waals surface area contributed by atoms with Crippen molar-refractivity contribution >= 4 is 39.9 Å². The van der Waals surface area contributed by atoms with Crippen molar-refractivity contribution in [2.75, 3.05) is 25.2 Å². The summed E-state index contributed by atoms with van der Waals surface area (Å²) in [5, 5.41) is 11.4. The van der Waals surface area contributed by atoms with Gasteiger partial charge in [-0.2, -0.15) is 0 Å². The van der Waals surface area contributed by atoms with E-state index in [0.29, 0.717) is 34.9 Å². The molecule has 222 valence electrons. The molecule has 1 aromatic heterocycles. The summed E-state index contributed by atoms with van der Waals surface area (Å²) in [4.78, 5) is 45.3. The fourth-order valence-corrected chi connectivity index (χ4v) is 5.61. The molecule has 11 heteroatoms. The second kappa shape index (κ2) is 13.2. The topological polar surface area (TPSA) is 115 Å². The van der Waals surface area contributed by atoms with Gasteiger partial charge in [-0.05, 0) is 56.5 Å². The van der Waals surface area contributed by atoms with Crippen molar-refractivity contribution in [1.29, 1.82) is 0 Å². The summed E-state index contributed by atoms with van der Waals surface area (Å²) in [6, 6.07) is 7.83. The van der Waals surface area contributed by atoms with E-state index in [9.17, 15) is 23.9 Å². The molecular weight excluding hydrogens is 563 g/mol. The molecule has 1 unspecified atom stereocenters. The summed E-state index contributed by atoms with van der Waals surface area (Å²) in [5.74, 6) is -2.83. The number of amides is 1. The first-order valence-corrected chi connectivity index (χ1v) is 14.5. The monoisotopic (exact) mass is 596 g/mol. The Bertz CT molecular complexity index is 1550. The normalized spacial score (nSPS) is 16.1.